The quantitative estimate of drug-likeness (QED) is 0.645. The number of rotatable bonds is 3. The lowest BCUT2D eigenvalue weighted by Crippen LogP contribution is -2.19. The SMILES string of the molecule is COC(=O)C(C)n1c(CCl)nc2cc(Cl)c(F)cc21. The third-order valence-corrected chi connectivity index (χ3v) is 3.38. The van der Waals surface area contributed by atoms with Gasteiger partial charge in [-0.15, -0.1) is 11.6 Å². The van der Waals surface area contributed by atoms with E-state index in [1.807, 2.05) is 0 Å². The van der Waals surface area contributed by atoms with Gasteiger partial charge in [-0.05, 0) is 13.0 Å². The van der Waals surface area contributed by atoms with E-state index >= 15 is 0 Å². The van der Waals surface area contributed by atoms with Crippen molar-refractivity contribution in [2.75, 3.05) is 7.11 Å². The minimum absolute atomic E-state index is 0.0241. The molecule has 1 aromatic carbocycles. The van der Waals surface area contributed by atoms with Gasteiger partial charge in [0.25, 0.3) is 0 Å². The van der Waals surface area contributed by atoms with Crippen LogP contribution < -0.4 is 0 Å². The summed E-state index contributed by atoms with van der Waals surface area (Å²) in [6.45, 7) is 1.63. The van der Waals surface area contributed by atoms with Gasteiger partial charge in [-0.3, -0.25) is 0 Å². The molecule has 0 fully saturated rings. The smallest absolute Gasteiger partial charge is 0.328 e. The lowest BCUT2D eigenvalue weighted by atomic mass is 10.2. The molecule has 0 spiro atoms. The molecule has 0 amide bonds. The van der Waals surface area contributed by atoms with Crippen LogP contribution >= 0.6 is 23.2 Å². The van der Waals surface area contributed by atoms with Crippen molar-refractivity contribution in [2.24, 2.45) is 0 Å². The number of methoxy groups -OCH3 is 1. The van der Waals surface area contributed by atoms with Gasteiger partial charge < -0.3 is 9.30 Å². The molecule has 0 saturated carbocycles. The van der Waals surface area contributed by atoms with E-state index in [-0.39, 0.29) is 10.9 Å². The van der Waals surface area contributed by atoms with E-state index < -0.39 is 17.8 Å². The maximum Gasteiger partial charge on any atom is 0.328 e. The third kappa shape index (κ3) is 2.40. The van der Waals surface area contributed by atoms with Gasteiger partial charge in [-0.25, -0.2) is 14.2 Å². The van der Waals surface area contributed by atoms with Crippen molar-refractivity contribution in [3.8, 4) is 0 Å². The lowest BCUT2D eigenvalue weighted by Gasteiger charge is -2.14. The van der Waals surface area contributed by atoms with Crippen molar-refractivity contribution >= 4 is 40.2 Å². The molecule has 1 aromatic heterocycles. The molecular weight excluding hydrogens is 294 g/mol. The van der Waals surface area contributed by atoms with E-state index in [1.54, 1.807) is 11.5 Å². The second-order valence-corrected chi connectivity index (χ2v) is 4.66. The van der Waals surface area contributed by atoms with Gasteiger partial charge in [0.05, 0.1) is 29.0 Å². The molecule has 0 aliphatic carbocycles. The number of hydrogen-bond acceptors (Lipinski definition) is 3. The highest BCUT2D eigenvalue weighted by atomic mass is 35.5. The zero-order valence-electron chi connectivity index (χ0n) is 10.3. The summed E-state index contributed by atoms with van der Waals surface area (Å²) in [6.07, 6.45) is 0. The van der Waals surface area contributed by atoms with Gasteiger partial charge >= 0.3 is 5.97 Å². The molecule has 102 valence electrons. The number of esters is 1. The lowest BCUT2D eigenvalue weighted by molar-refractivity contribution is -0.143. The third-order valence-electron chi connectivity index (χ3n) is 2.85. The summed E-state index contributed by atoms with van der Waals surface area (Å²) in [5.74, 6) is -0.485. The number of carbonyl (C=O) groups is 1. The summed E-state index contributed by atoms with van der Waals surface area (Å²) < 4.78 is 19.8. The Morgan fingerprint density at radius 1 is 1.58 bits per heavy atom. The predicted molar refractivity (Wildman–Crippen MR) is 71.0 cm³/mol. The molecule has 19 heavy (non-hydrogen) atoms. The normalized spacial score (nSPS) is 12.7. The van der Waals surface area contributed by atoms with Crippen molar-refractivity contribution < 1.29 is 13.9 Å². The molecule has 0 aliphatic heterocycles. The minimum atomic E-state index is -0.649. The number of carbonyl (C=O) groups excluding carboxylic acids is 1. The molecule has 0 aliphatic rings. The Bertz CT molecular complexity index is 642. The summed E-state index contributed by atoms with van der Waals surface area (Å²) in [7, 11) is 1.29. The fraction of sp³-hybridized carbons (Fsp3) is 0.333. The van der Waals surface area contributed by atoms with Crippen LogP contribution in [0, 0.1) is 5.82 Å². The first kappa shape index (κ1) is 14.1. The first-order valence-electron chi connectivity index (χ1n) is 5.49. The van der Waals surface area contributed by atoms with Crippen LogP contribution in [0.25, 0.3) is 11.0 Å². The highest BCUT2D eigenvalue weighted by molar-refractivity contribution is 6.31. The number of nitrogens with zero attached hydrogens (tertiary/aromatic N) is 2. The van der Waals surface area contributed by atoms with Crippen LogP contribution in [0.4, 0.5) is 4.39 Å². The zero-order chi connectivity index (χ0) is 14.2. The predicted octanol–water partition coefficient (Wildman–Crippen LogP) is 3.30. The topological polar surface area (TPSA) is 44.1 Å². The molecule has 2 aromatic rings. The Balaban J connectivity index is 2.70. The van der Waals surface area contributed by atoms with E-state index in [0.717, 1.165) is 0 Å². The average molecular weight is 305 g/mol. The van der Waals surface area contributed by atoms with Crippen molar-refractivity contribution in [1.82, 2.24) is 9.55 Å². The van der Waals surface area contributed by atoms with Crippen LogP contribution in [-0.2, 0) is 15.4 Å². The first-order valence-corrected chi connectivity index (χ1v) is 6.40. The van der Waals surface area contributed by atoms with Gasteiger partial charge in [-0.1, -0.05) is 11.6 Å². The zero-order valence-corrected chi connectivity index (χ0v) is 11.8. The molecule has 1 heterocycles. The Hall–Kier alpha value is -1.33. The summed E-state index contributed by atoms with van der Waals surface area (Å²) in [5.41, 5.74) is 0.938. The second kappa shape index (κ2) is 5.35. The van der Waals surface area contributed by atoms with Crippen LogP contribution in [0.3, 0.4) is 0 Å². The number of imidazole rings is 1. The van der Waals surface area contributed by atoms with Gasteiger partial charge in [0.1, 0.15) is 17.7 Å². The van der Waals surface area contributed by atoms with Crippen LogP contribution in [0.15, 0.2) is 12.1 Å². The number of halogens is 3. The highest BCUT2D eigenvalue weighted by Gasteiger charge is 2.22. The minimum Gasteiger partial charge on any atom is -0.467 e. The number of benzene rings is 1. The molecule has 1 atom stereocenters. The van der Waals surface area contributed by atoms with Crippen LogP contribution in [0.2, 0.25) is 5.02 Å². The maximum atomic E-state index is 13.6. The number of alkyl halides is 1. The first-order chi connectivity index (χ1) is 8.99. The summed E-state index contributed by atoms with van der Waals surface area (Å²) in [5, 5.41) is -0.0241. The molecule has 1 unspecified atom stereocenters. The van der Waals surface area contributed by atoms with Crippen LogP contribution in [0.5, 0.6) is 0 Å². The summed E-state index contributed by atoms with van der Waals surface area (Å²) in [6, 6.07) is 1.99. The van der Waals surface area contributed by atoms with Crippen molar-refractivity contribution in [2.45, 2.75) is 18.8 Å². The van der Waals surface area contributed by atoms with E-state index in [2.05, 4.69) is 9.72 Å². The molecular formula is C12H11Cl2FN2O2. The number of fused-ring (bicyclic) bond motifs is 1. The highest BCUT2D eigenvalue weighted by Crippen LogP contribution is 2.27. The number of ether oxygens (including phenoxy) is 1. The standard InChI is InChI=1S/C12H11Cl2FN2O2/c1-6(12(18)19-2)17-10-4-8(15)7(14)3-9(10)16-11(17)5-13/h3-4,6H,5H2,1-2H3. The number of hydrogen-bond donors (Lipinski definition) is 0. The van der Waals surface area contributed by atoms with Gasteiger partial charge in [0, 0.05) is 6.07 Å². The van der Waals surface area contributed by atoms with Gasteiger partial charge in [0.2, 0.25) is 0 Å². The van der Waals surface area contributed by atoms with Crippen molar-refractivity contribution in [1.29, 1.82) is 0 Å². The molecule has 0 radical (unpaired) electrons. The van der Waals surface area contributed by atoms with E-state index in [0.29, 0.717) is 16.9 Å². The summed E-state index contributed by atoms with van der Waals surface area (Å²) >= 11 is 11.5. The Morgan fingerprint density at radius 3 is 2.84 bits per heavy atom. The largest absolute Gasteiger partial charge is 0.467 e. The van der Waals surface area contributed by atoms with E-state index in [9.17, 15) is 9.18 Å². The fourth-order valence-electron chi connectivity index (χ4n) is 1.94. The maximum absolute atomic E-state index is 13.6. The van der Waals surface area contributed by atoms with E-state index in [4.69, 9.17) is 23.2 Å². The van der Waals surface area contributed by atoms with E-state index in [1.165, 1.54) is 19.2 Å². The molecule has 0 saturated heterocycles. The molecule has 2 rings (SSSR count). The average Bonchev–Trinajstić information content (AvgIpc) is 2.75. The van der Waals surface area contributed by atoms with Crippen molar-refractivity contribution in [3.63, 3.8) is 0 Å². The molecule has 7 heteroatoms. The van der Waals surface area contributed by atoms with Crippen LogP contribution in [0.1, 0.15) is 18.8 Å². The number of aromatic nitrogens is 2. The molecule has 0 bridgehead atoms. The Labute approximate surface area is 119 Å². The summed E-state index contributed by atoms with van der Waals surface area (Å²) in [4.78, 5) is 15.9. The monoisotopic (exact) mass is 304 g/mol. The second-order valence-electron chi connectivity index (χ2n) is 3.99. The Kier molecular flexibility index (Phi) is 3.96. The van der Waals surface area contributed by atoms with Crippen molar-refractivity contribution in [3.05, 3.63) is 28.8 Å². The van der Waals surface area contributed by atoms with Gasteiger partial charge in [0.15, 0.2) is 0 Å². The van der Waals surface area contributed by atoms with Crippen LogP contribution in [-0.4, -0.2) is 22.6 Å². The fourth-order valence-corrected chi connectivity index (χ4v) is 2.29. The molecule has 4 nitrogen and oxygen atoms in total. The Morgan fingerprint density at radius 2 is 2.26 bits per heavy atom. The molecule has 0 N–H and O–H groups in total. The van der Waals surface area contributed by atoms with Gasteiger partial charge in [-0.2, -0.15) is 0 Å².